The van der Waals surface area contributed by atoms with Crippen molar-refractivity contribution in [3.63, 3.8) is 0 Å². The monoisotopic (exact) mass is 289 g/mol. The molecule has 0 aliphatic rings. The van der Waals surface area contributed by atoms with Crippen molar-refractivity contribution in [1.29, 1.82) is 0 Å². The average molecular weight is 289 g/mol. The van der Waals surface area contributed by atoms with Crippen molar-refractivity contribution >= 4 is 17.7 Å². The summed E-state index contributed by atoms with van der Waals surface area (Å²) in [5, 5.41) is 2.51. The third-order valence-corrected chi connectivity index (χ3v) is 2.80. The van der Waals surface area contributed by atoms with Gasteiger partial charge in [0.2, 0.25) is 5.91 Å². The molecule has 112 valence electrons. The van der Waals surface area contributed by atoms with Crippen LogP contribution in [0.5, 0.6) is 0 Å². The van der Waals surface area contributed by atoms with Crippen LogP contribution in [-0.2, 0) is 14.3 Å². The van der Waals surface area contributed by atoms with E-state index in [1.54, 1.807) is 44.2 Å². The lowest BCUT2D eigenvalue weighted by molar-refractivity contribution is -0.146. The van der Waals surface area contributed by atoms with E-state index in [9.17, 15) is 14.4 Å². The number of amides is 1. The molecule has 0 aliphatic carbocycles. The molecule has 0 spiro atoms. The normalized spacial score (nSPS) is 11.3. The highest BCUT2D eigenvalue weighted by atomic mass is 16.5. The van der Waals surface area contributed by atoms with Crippen LogP contribution in [0.4, 0.5) is 0 Å². The van der Waals surface area contributed by atoms with Crippen LogP contribution >= 0.6 is 0 Å². The van der Waals surface area contributed by atoms with Gasteiger partial charge in [0.05, 0.1) is 6.61 Å². The molecule has 1 rings (SSSR count). The summed E-state index contributed by atoms with van der Waals surface area (Å²) in [6.45, 7) is 6.77. The minimum Gasteiger partial charge on any atom is -0.465 e. The van der Waals surface area contributed by atoms with Gasteiger partial charge in [-0.05, 0) is 13.8 Å². The molecule has 1 N–H and O–H groups in total. The highest BCUT2D eigenvalue weighted by Crippen LogP contribution is 2.11. The number of Topliss-reactive ketones (excluding diaryl/α,β-unsaturated/α-hetero) is 1. The molecule has 1 unspecified atom stereocenters. The third-order valence-electron chi connectivity index (χ3n) is 2.80. The van der Waals surface area contributed by atoms with Crippen molar-refractivity contribution in [1.82, 2.24) is 5.32 Å². The quantitative estimate of drug-likeness (QED) is 0.359. The van der Waals surface area contributed by atoms with Gasteiger partial charge in [-0.25, -0.2) is 0 Å². The number of esters is 1. The number of benzene rings is 1. The van der Waals surface area contributed by atoms with Gasteiger partial charge < -0.3 is 10.1 Å². The van der Waals surface area contributed by atoms with Crippen molar-refractivity contribution in [3.8, 4) is 0 Å². The molecule has 5 heteroatoms. The van der Waals surface area contributed by atoms with Crippen LogP contribution in [0.3, 0.4) is 0 Å². The summed E-state index contributed by atoms with van der Waals surface area (Å²) >= 11 is 0. The van der Waals surface area contributed by atoms with Gasteiger partial charge in [-0.1, -0.05) is 36.9 Å². The van der Waals surface area contributed by atoms with Gasteiger partial charge >= 0.3 is 5.97 Å². The molecule has 0 bridgehead atoms. The van der Waals surface area contributed by atoms with E-state index in [4.69, 9.17) is 4.74 Å². The first kappa shape index (κ1) is 16.6. The van der Waals surface area contributed by atoms with Crippen LogP contribution < -0.4 is 5.32 Å². The van der Waals surface area contributed by atoms with Crippen LogP contribution in [0, 0.1) is 5.92 Å². The third kappa shape index (κ3) is 4.87. The molecule has 1 amide bonds. The number of rotatable bonds is 7. The molecule has 0 aromatic heterocycles. The van der Waals surface area contributed by atoms with E-state index in [1.807, 2.05) is 0 Å². The zero-order valence-electron chi connectivity index (χ0n) is 12.2. The fourth-order valence-corrected chi connectivity index (χ4v) is 1.68. The van der Waals surface area contributed by atoms with Gasteiger partial charge in [0.15, 0.2) is 5.78 Å². The van der Waals surface area contributed by atoms with Gasteiger partial charge in [0.1, 0.15) is 5.92 Å². The van der Waals surface area contributed by atoms with Gasteiger partial charge in [-0.15, -0.1) is 0 Å². The molecule has 1 aromatic carbocycles. The first-order valence-electron chi connectivity index (χ1n) is 6.67. The number of ether oxygens (including phenoxy) is 1. The number of ketones is 1. The lowest BCUT2D eigenvalue weighted by Gasteiger charge is -2.15. The Morgan fingerprint density at radius 3 is 2.38 bits per heavy atom. The lowest BCUT2D eigenvalue weighted by Crippen LogP contribution is -2.38. The Bertz CT molecular complexity index is 536. The van der Waals surface area contributed by atoms with Gasteiger partial charge in [0, 0.05) is 17.7 Å². The molecular weight excluding hydrogens is 270 g/mol. The molecule has 0 radical (unpaired) electrons. The smallest absolute Gasteiger partial charge is 0.318 e. The molecule has 1 aromatic rings. The highest BCUT2D eigenvalue weighted by Gasteiger charge is 2.29. The molecule has 0 saturated carbocycles. The summed E-state index contributed by atoms with van der Waals surface area (Å²) in [6.07, 6.45) is 0. The maximum atomic E-state index is 12.4. The van der Waals surface area contributed by atoms with E-state index in [0.29, 0.717) is 11.1 Å². The Morgan fingerprint density at radius 2 is 1.86 bits per heavy atom. The maximum absolute atomic E-state index is 12.4. The summed E-state index contributed by atoms with van der Waals surface area (Å²) < 4.78 is 4.91. The molecule has 1 atom stereocenters. The summed E-state index contributed by atoms with van der Waals surface area (Å²) in [7, 11) is 0. The predicted octanol–water partition coefficient (Wildman–Crippen LogP) is 1.74. The fraction of sp³-hybridized carbons (Fsp3) is 0.312. The Labute approximate surface area is 124 Å². The van der Waals surface area contributed by atoms with Crippen molar-refractivity contribution in [3.05, 3.63) is 48.0 Å². The van der Waals surface area contributed by atoms with Crippen molar-refractivity contribution in [2.24, 2.45) is 5.92 Å². The summed E-state index contributed by atoms with van der Waals surface area (Å²) in [6, 6.07) is 8.44. The van der Waals surface area contributed by atoms with Crippen molar-refractivity contribution in [2.45, 2.75) is 13.8 Å². The molecular formula is C16H19NO4. The van der Waals surface area contributed by atoms with E-state index in [-0.39, 0.29) is 18.9 Å². The van der Waals surface area contributed by atoms with E-state index in [1.165, 1.54) is 0 Å². The molecule has 5 nitrogen and oxygen atoms in total. The molecule has 0 fully saturated rings. The molecule has 21 heavy (non-hydrogen) atoms. The summed E-state index contributed by atoms with van der Waals surface area (Å²) in [5.74, 6) is -2.48. The van der Waals surface area contributed by atoms with Crippen LogP contribution in [0.2, 0.25) is 0 Å². The topological polar surface area (TPSA) is 72.5 Å². The first-order chi connectivity index (χ1) is 9.97. The molecule has 0 heterocycles. The first-order valence-corrected chi connectivity index (χ1v) is 6.67. The van der Waals surface area contributed by atoms with Crippen LogP contribution in [0.1, 0.15) is 24.2 Å². The SMILES string of the molecule is C=C(C)C(=O)NCC(C(=O)OCC)C(=O)c1ccccc1. The number of hydrogen-bond acceptors (Lipinski definition) is 4. The van der Waals surface area contributed by atoms with E-state index in [2.05, 4.69) is 11.9 Å². The van der Waals surface area contributed by atoms with Crippen LogP contribution in [0.25, 0.3) is 0 Å². The Hall–Kier alpha value is -2.43. The standard InChI is InChI=1S/C16H19NO4/c1-4-21-16(20)13(10-17-15(19)11(2)3)14(18)12-8-6-5-7-9-12/h5-9,13H,2,4,10H2,1,3H3,(H,17,19). The maximum Gasteiger partial charge on any atom is 0.318 e. The number of hydrogen-bond donors (Lipinski definition) is 1. The number of carbonyl (C=O) groups excluding carboxylic acids is 3. The Balaban J connectivity index is 2.87. The lowest BCUT2D eigenvalue weighted by atomic mass is 9.97. The average Bonchev–Trinajstić information content (AvgIpc) is 2.48. The van der Waals surface area contributed by atoms with Crippen molar-refractivity contribution in [2.75, 3.05) is 13.2 Å². The van der Waals surface area contributed by atoms with E-state index < -0.39 is 17.8 Å². The largest absolute Gasteiger partial charge is 0.465 e. The van der Waals surface area contributed by atoms with Gasteiger partial charge in [-0.2, -0.15) is 0 Å². The van der Waals surface area contributed by atoms with E-state index in [0.717, 1.165) is 0 Å². The second kappa shape index (κ2) is 7.99. The van der Waals surface area contributed by atoms with E-state index >= 15 is 0 Å². The predicted molar refractivity (Wildman–Crippen MR) is 78.7 cm³/mol. The Kier molecular flexibility index (Phi) is 6.33. The second-order valence-corrected chi connectivity index (χ2v) is 4.53. The molecule has 0 saturated heterocycles. The van der Waals surface area contributed by atoms with Crippen molar-refractivity contribution < 1.29 is 19.1 Å². The number of nitrogens with one attached hydrogen (secondary N) is 1. The summed E-state index contributed by atoms with van der Waals surface area (Å²) in [4.78, 5) is 35.8. The fourth-order valence-electron chi connectivity index (χ4n) is 1.68. The minimum absolute atomic E-state index is 0.113. The Morgan fingerprint density at radius 1 is 1.24 bits per heavy atom. The minimum atomic E-state index is -1.06. The molecule has 0 aliphatic heterocycles. The highest BCUT2D eigenvalue weighted by molar-refractivity contribution is 6.09. The van der Waals surface area contributed by atoms with Crippen LogP contribution in [-0.4, -0.2) is 30.8 Å². The number of carbonyl (C=O) groups is 3. The van der Waals surface area contributed by atoms with Gasteiger partial charge in [0.25, 0.3) is 0 Å². The van der Waals surface area contributed by atoms with Gasteiger partial charge in [-0.3, -0.25) is 14.4 Å². The zero-order valence-corrected chi connectivity index (χ0v) is 12.2. The summed E-state index contributed by atoms with van der Waals surface area (Å²) in [5.41, 5.74) is 0.713. The van der Waals surface area contributed by atoms with Crippen LogP contribution in [0.15, 0.2) is 42.5 Å². The zero-order chi connectivity index (χ0) is 15.8. The second-order valence-electron chi connectivity index (χ2n) is 4.53.